The molecule has 2 amide bonds. The van der Waals surface area contributed by atoms with Gasteiger partial charge in [-0.05, 0) is 55.3 Å². The van der Waals surface area contributed by atoms with Crippen LogP contribution in [0.4, 0.5) is 10.5 Å². The summed E-state index contributed by atoms with van der Waals surface area (Å²) in [5.41, 5.74) is 2.26. The van der Waals surface area contributed by atoms with Gasteiger partial charge in [0.2, 0.25) is 5.28 Å². The molecule has 2 atom stereocenters. The minimum atomic E-state index is -0.453. The first kappa shape index (κ1) is 21.9. The van der Waals surface area contributed by atoms with Gasteiger partial charge in [0.1, 0.15) is 10.9 Å². The number of nitrogens with zero attached hydrogens (tertiary/aromatic N) is 3. The van der Waals surface area contributed by atoms with Crippen molar-refractivity contribution in [2.45, 2.75) is 25.9 Å². The molecule has 0 spiro atoms. The molecule has 30 heavy (non-hydrogen) atoms. The summed E-state index contributed by atoms with van der Waals surface area (Å²) in [6.07, 6.45) is 1.53. The van der Waals surface area contributed by atoms with E-state index in [-0.39, 0.29) is 22.5 Å². The molecule has 1 heterocycles. The molecule has 2 aromatic carbocycles. The van der Waals surface area contributed by atoms with E-state index in [2.05, 4.69) is 15.3 Å². The second kappa shape index (κ2) is 9.78. The van der Waals surface area contributed by atoms with Crippen LogP contribution in [0, 0.1) is 0 Å². The second-order valence-electron chi connectivity index (χ2n) is 6.71. The summed E-state index contributed by atoms with van der Waals surface area (Å²) in [6.45, 7) is 3.79. The quantitative estimate of drug-likeness (QED) is 0.383. The van der Waals surface area contributed by atoms with Crippen molar-refractivity contribution in [3.8, 4) is 5.75 Å². The first-order chi connectivity index (χ1) is 14.4. The number of amides is 2. The molecule has 8 heteroatoms. The number of hydrogen-bond acceptors (Lipinski definition) is 4. The zero-order chi connectivity index (χ0) is 21.7. The number of halogens is 2. The molecule has 2 unspecified atom stereocenters. The van der Waals surface area contributed by atoms with E-state index in [0.29, 0.717) is 17.0 Å². The molecule has 0 bridgehead atoms. The number of hydrogen-bond donors (Lipinski definition) is 1. The predicted octanol–water partition coefficient (Wildman–Crippen LogP) is 5.83. The number of carbonyl (C=O) groups excluding carboxylic acids is 1. The maximum Gasteiger partial charge on any atom is 0.322 e. The van der Waals surface area contributed by atoms with Crippen molar-refractivity contribution in [3.63, 3.8) is 0 Å². The van der Waals surface area contributed by atoms with E-state index in [1.54, 1.807) is 24.1 Å². The van der Waals surface area contributed by atoms with Crippen molar-refractivity contribution in [2.75, 3.05) is 12.0 Å². The highest BCUT2D eigenvalue weighted by atomic mass is 35.5. The van der Waals surface area contributed by atoms with E-state index < -0.39 is 6.04 Å². The van der Waals surface area contributed by atoms with Crippen molar-refractivity contribution in [1.29, 1.82) is 0 Å². The van der Waals surface area contributed by atoms with Crippen LogP contribution in [0.5, 0.6) is 5.75 Å². The van der Waals surface area contributed by atoms with Gasteiger partial charge in [0.15, 0.2) is 0 Å². The van der Waals surface area contributed by atoms with E-state index in [0.717, 1.165) is 5.56 Å². The third kappa shape index (κ3) is 5.01. The van der Waals surface area contributed by atoms with E-state index in [1.807, 2.05) is 56.3 Å². The van der Waals surface area contributed by atoms with Gasteiger partial charge in [-0.2, -0.15) is 0 Å². The minimum Gasteiger partial charge on any atom is -0.497 e. The van der Waals surface area contributed by atoms with Crippen molar-refractivity contribution >= 4 is 34.9 Å². The van der Waals surface area contributed by atoms with Crippen LogP contribution in [0.15, 0.2) is 60.8 Å². The van der Waals surface area contributed by atoms with Crippen LogP contribution in [0.3, 0.4) is 0 Å². The lowest BCUT2D eigenvalue weighted by atomic mass is 10.1. The highest BCUT2D eigenvalue weighted by Crippen LogP contribution is 2.32. The topological polar surface area (TPSA) is 67.3 Å². The number of anilines is 1. The van der Waals surface area contributed by atoms with Crippen molar-refractivity contribution in [2.24, 2.45) is 0 Å². The Labute approximate surface area is 185 Å². The molecule has 1 N–H and O–H groups in total. The van der Waals surface area contributed by atoms with Gasteiger partial charge in [-0.3, -0.25) is 4.90 Å². The zero-order valence-electron chi connectivity index (χ0n) is 16.8. The molecule has 0 aliphatic rings. The number of methoxy groups -OCH3 is 1. The van der Waals surface area contributed by atoms with Crippen LogP contribution in [0.2, 0.25) is 10.4 Å². The molecular formula is C22H22Cl2N4O2. The summed E-state index contributed by atoms with van der Waals surface area (Å²) in [6, 6.07) is 16.0. The summed E-state index contributed by atoms with van der Waals surface area (Å²) in [7, 11) is 1.59. The highest BCUT2D eigenvalue weighted by molar-refractivity contribution is 6.32. The van der Waals surface area contributed by atoms with Crippen LogP contribution in [-0.4, -0.2) is 23.1 Å². The lowest BCUT2D eigenvalue weighted by Gasteiger charge is -2.31. The van der Waals surface area contributed by atoms with E-state index >= 15 is 0 Å². The monoisotopic (exact) mass is 444 g/mol. The van der Waals surface area contributed by atoms with Gasteiger partial charge in [-0.25, -0.2) is 14.8 Å². The molecular weight excluding hydrogens is 423 g/mol. The summed E-state index contributed by atoms with van der Waals surface area (Å²) in [5.74, 6) is 0.692. The number of urea groups is 1. The average Bonchev–Trinajstić information content (AvgIpc) is 2.75. The van der Waals surface area contributed by atoms with Crippen LogP contribution < -0.4 is 15.0 Å². The minimum absolute atomic E-state index is 0.0501. The maximum atomic E-state index is 13.3. The Balaban J connectivity index is 1.94. The fourth-order valence-corrected chi connectivity index (χ4v) is 3.57. The molecule has 1 aromatic heterocycles. The van der Waals surface area contributed by atoms with Gasteiger partial charge in [0.25, 0.3) is 0 Å². The third-order valence-electron chi connectivity index (χ3n) is 4.79. The molecule has 0 aliphatic carbocycles. The summed E-state index contributed by atoms with van der Waals surface area (Å²) in [4.78, 5) is 23.0. The Morgan fingerprint density at radius 2 is 1.73 bits per heavy atom. The standard InChI is InChI=1S/C22H22Cl2N4O2/c1-14(16-7-5-4-6-8-16)26-22(29)28(17-9-11-18(30-3)12-10-17)15(2)19-13-25-21(24)27-20(19)23/h4-15H,1-3H3,(H,26,29). The van der Waals surface area contributed by atoms with Crippen LogP contribution >= 0.6 is 23.2 Å². The number of carbonyl (C=O) groups is 1. The molecule has 3 aromatic rings. The molecule has 6 nitrogen and oxygen atoms in total. The van der Waals surface area contributed by atoms with E-state index in [1.165, 1.54) is 6.20 Å². The molecule has 156 valence electrons. The van der Waals surface area contributed by atoms with E-state index in [9.17, 15) is 4.79 Å². The van der Waals surface area contributed by atoms with Gasteiger partial charge < -0.3 is 10.1 Å². The van der Waals surface area contributed by atoms with Gasteiger partial charge >= 0.3 is 6.03 Å². The molecule has 0 saturated carbocycles. The Kier molecular flexibility index (Phi) is 7.13. The predicted molar refractivity (Wildman–Crippen MR) is 119 cm³/mol. The first-order valence-corrected chi connectivity index (χ1v) is 10.1. The number of aromatic nitrogens is 2. The third-order valence-corrected chi connectivity index (χ3v) is 5.27. The lowest BCUT2D eigenvalue weighted by Crippen LogP contribution is -2.42. The number of nitrogens with one attached hydrogen (secondary N) is 1. The highest BCUT2D eigenvalue weighted by Gasteiger charge is 2.27. The van der Waals surface area contributed by atoms with Crippen molar-refractivity contribution in [1.82, 2.24) is 15.3 Å². The first-order valence-electron chi connectivity index (χ1n) is 9.37. The van der Waals surface area contributed by atoms with Crippen molar-refractivity contribution in [3.05, 3.63) is 82.4 Å². The molecule has 0 fully saturated rings. The smallest absolute Gasteiger partial charge is 0.322 e. The van der Waals surface area contributed by atoms with Gasteiger partial charge in [0, 0.05) is 17.4 Å². The number of rotatable bonds is 6. The average molecular weight is 445 g/mol. The summed E-state index contributed by atoms with van der Waals surface area (Å²) < 4.78 is 5.23. The largest absolute Gasteiger partial charge is 0.497 e. The summed E-state index contributed by atoms with van der Waals surface area (Å²) in [5, 5.41) is 3.30. The van der Waals surface area contributed by atoms with Gasteiger partial charge in [-0.15, -0.1) is 0 Å². The fourth-order valence-electron chi connectivity index (χ4n) is 3.11. The van der Waals surface area contributed by atoms with Gasteiger partial charge in [0.05, 0.1) is 19.2 Å². The Morgan fingerprint density at radius 1 is 1.07 bits per heavy atom. The molecule has 3 rings (SSSR count). The Morgan fingerprint density at radius 3 is 2.33 bits per heavy atom. The fraction of sp³-hybridized carbons (Fsp3) is 0.227. The second-order valence-corrected chi connectivity index (χ2v) is 7.41. The lowest BCUT2D eigenvalue weighted by molar-refractivity contribution is 0.241. The maximum absolute atomic E-state index is 13.3. The molecule has 0 radical (unpaired) electrons. The summed E-state index contributed by atoms with van der Waals surface area (Å²) >= 11 is 12.1. The molecule has 0 saturated heterocycles. The van der Waals surface area contributed by atoms with Gasteiger partial charge in [-0.1, -0.05) is 41.9 Å². The van der Waals surface area contributed by atoms with Crippen molar-refractivity contribution < 1.29 is 9.53 Å². The zero-order valence-corrected chi connectivity index (χ0v) is 18.4. The normalized spacial score (nSPS) is 12.7. The number of ether oxygens (including phenoxy) is 1. The van der Waals surface area contributed by atoms with Crippen LogP contribution in [0.1, 0.15) is 37.1 Å². The van der Waals surface area contributed by atoms with Crippen LogP contribution in [0.25, 0.3) is 0 Å². The Hall–Kier alpha value is -2.83. The SMILES string of the molecule is COc1ccc(N(C(=O)NC(C)c2ccccc2)C(C)c2cnc(Cl)nc2Cl)cc1. The number of benzene rings is 2. The van der Waals surface area contributed by atoms with E-state index in [4.69, 9.17) is 27.9 Å². The molecule has 0 aliphatic heterocycles. The van der Waals surface area contributed by atoms with Crippen LogP contribution in [-0.2, 0) is 0 Å². The Bertz CT molecular complexity index is 1000.